The molecule has 0 aromatic carbocycles. The molecule has 0 aliphatic rings. The average molecular weight is 335 g/mol. The van der Waals surface area contributed by atoms with Crippen molar-refractivity contribution in [2.75, 3.05) is 18.0 Å². The molecule has 3 N–H and O–H groups in total. The smallest absolute Gasteiger partial charge is 0.225 e. The van der Waals surface area contributed by atoms with Gasteiger partial charge in [-0.05, 0) is 29.5 Å². The summed E-state index contributed by atoms with van der Waals surface area (Å²) >= 11 is 2.15. The minimum atomic E-state index is 0.212. The van der Waals surface area contributed by atoms with Crippen molar-refractivity contribution in [3.05, 3.63) is 16.0 Å². The van der Waals surface area contributed by atoms with Crippen molar-refractivity contribution in [2.24, 2.45) is 10.9 Å². The highest BCUT2D eigenvalue weighted by atomic mass is 127. The number of oxime groups is 1. The second kappa shape index (κ2) is 6.46. The summed E-state index contributed by atoms with van der Waals surface area (Å²) in [5.74, 6) is 0.873. The van der Waals surface area contributed by atoms with Gasteiger partial charge in [0.25, 0.3) is 0 Å². The molecule has 1 rings (SSSR count). The van der Waals surface area contributed by atoms with E-state index in [-0.39, 0.29) is 5.84 Å². The number of rotatable bonds is 5. The molecule has 0 bridgehead atoms. The van der Waals surface area contributed by atoms with E-state index >= 15 is 0 Å². The number of aromatic nitrogens is 2. The molecule has 16 heavy (non-hydrogen) atoms. The summed E-state index contributed by atoms with van der Waals surface area (Å²) in [6.45, 7) is 3.42. The molecule has 1 aromatic heterocycles. The third-order valence-corrected chi connectivity index (χ3v) is 2.59. The molecule has 0 saturated heterocycles. The van der Waals surface area contributed by atoms with Crippen LogP contribution in [0.25, 0.3) is 0 Å². The lowest BCUT2D eigenvalue weighted by atomic mass is 10.3. The Hall–Kier alpha value is -1.12. The van der Waals surface area contributed by atoms with Crippen molar-refractivity contribution in [3.8, 4) is 0 Å². The maximum atomic E-state index is 8.44. The van der Waals surface area contributed by atoms with Gasteiger partial charge in [-0.25, -0.2) is 9.97 Å². The van der Waals surface area contributed by atoms with Crippen LogP contribution in [0.3, 0.4) is 0 Å². The van der Waals surface area contributed by atoms with Crippen LogP contribution in [0, 0.1) is 3.57 Å². The van der Waals surface area contributed by atoms with Gasteiger partial charge in [0, 0.05) is 35.5 Å². The summed E-state index contributed by atoms with van der Waals surface area (Å²) in [5.41, 5.74) is 5.41. The Labute approximate surface area is 108 Å². The Balaban J connectivity index is 2.64. The van der Waals surface area contributed by atoms with Crippen LogP contribution in [0.15, 0.2) is 17.5 Å². The van der Waals surface area contributed by atoms with E-state index in [2.05, 4.69) is 37.7 Å². The van der Waals surface area contributed by atoms with Gasteiger partial charge in [0.2, 0.25) is 5.95 Å². The largest absolute Gasteiger partial charge is 0.409 e. The Morgan fingerprint density at radius 3 is 2.69 bits per heavy atom. The molecule has 0 aliphatic carbocycles. The molecular weight excluding hydrogens is 321 g/mol. The lowest BCUT2D eigenvalue weighted by molar-refractivity contribution is 0.317. The van der Waals surface area contributed by atoms with Crippen LogP contribution in [0.4, 0.5) is 5.95 Å². The second-order valence-electron chi connectivity index (χ2n) is 3.12. The average Bonchev–Trinajstić information content (AvgIpc) is 2.31. The fraction of sp³-hybridized carbons (Fsp3) is 0.444. The number of nitrogens with zero attached hydrogens (tertiary/aromatic N) is 4. The summed E-state index contributed by atoms with van der Waals surface area (Å²) < 4.78 is 0.994. The van der Waals surface area contributed by atoms with Crippen LogP contribution >= 0.6 is 22.6 Å². The predicted octanol–water partition coefficient (Wildman–Crippen LogP) is 1.04. The normalized spacial score (nSPS) is 11.5. The van der Waals surface area contributed by atoms with E-state index in [9.17, 15) is 0 Å². The number of amidine groups is 1. The van der Waals surface area contributed by atoms with E-state index < -0.39 is 0 Å². The van der Waals surface area contributed by atoms with Crippen molar-refractivity contribution >= 4 is 34.4 Å². The van der Waals surface area contributed by atoms with E-state index in [0.29, 0.717) is 18.9 Å². The monoisotopic (exact) mass is 335 g/mol. The Morgan fingerprint density at radius 2 is 2.19 bits per heavy atom. The first kappa shape index (κ1) is 12.9. The Bertz CT molecular complexity index is 353. The predicted molar refractivity (Wildman–Crippen MR) is 70.7 cm³/mol. The van der Waals surface area contributed by atoms with Gasteiger partial charge in [-0.3, -0.25) is 0 Å². The van der Waals surface area contributed by atoms with E-state index in [4.69, 9.17) is 10.9 Å². The van der Waals surface area contributed by atoms with Crippen molar-refractivity contribution in [1.82, 2.24) is 9.97 Å². The molecule has 6 nitrogen and oxygen atoms in total. The molecule has 88 valence electrons. The third kappa shape index (κ3) is 3.80. The SMILES string of the molecule is CCN(CCC(N)=NO)c1ncc(I)cn1. The number of nitrogens with two attached hydrogens (primary N) is 1. The third-order valence-electron chi connectivity index (χ3n) is 2.04. The first-order valence-electron chi connectivity index (χ1n) is 4.86. The standard InChI is InChI=1S/C9H14IN5O/c1-2-15(4-3-8(11)14-16)9-12-5-7(10)6-13-9/h5-6,16H,2-4H2,1H3,(H2,11,14). The topological polar surface area (TPSA) is 87.6 Å². The Kier molecular flexibility index (Phi) is 5.23. The van der Waals surface area contributed by atoms with Crippen LogP contribution < -0.4 is 10.6 Å². The molecule has 0 amide bonds. The fourth-order valence-corrected chi connectivity index (χ4v) is 1.45. The number of hydrogen-bond acceptors (Lipinski definition) is 5. The molecule has 0 spiro atoms. The van der Waals surface area contributed by atoms with Gasteiger partial charge in [-0.15, -0.1) is 0 Å². The lowest BCUT2D eigenvalue weighted by Gasteiger charge is -2.19. The zero-order valence-corrected chi connectivity index (χ0v) is 11.1. The molecule has 1 heterocycles. The number of anilines is 1. The van der Waals surface area contributed by atoms with Crippen molar-refractivity contribution in [1.29, 1.82) is 0 Å². The Morgan fingerprint density at radius 1 is 1.56 bits per heavy atom. The highest BCUT2D eigenvalue weighted by Gasteiger charge is 2.07. The minimum Gasteiger partial charge on any atom is -0.409 e. The van der Waals surface area contributed by atoms with Gasteiger partial charge >= 0.3 is 0 Å². The first-order valence-corrected chi connectivity index (χ1v) is 5.94. The molecule has 0 fully saturated rings. The molecule has 0 unspecified atom stereocenters. The maximum absolute atomic E-state index is 8.44. The van der Waals surface area contributed by atoms with Gasteiger partial charge in [0.05, 0.1) is 0 Å². The van der Waals surface area contributed by atoms with Gasteiger partial charge in [-0.2, -0.15) is 0 Å². The summed E-state index contributed by atoms with van der Waals surface area (Å²) in [5, 5.41) is 11.4. The zero-order chi connectivity index (χ0) is 12.0. The van der Waals surface area contributed by atoms with Crippen LogP contribution in [0.5, 0.6) is 0 Å². The van der Waals surface area contributed by atoms with Gasteiger partial charge in [0.1, 0.15) is 5.84 Å². The van der Waals surface area contributed by atoms with Gasteiger partial charge in [0.15, 0.2) is 0 Å². The van der Waals surface area contributed by atoms with Crippen LogP contribution in [0.2, 0.25) is 0 Å². The molecule has 0 saturated carbocycles. The fourth-order valence-electron chi connectivity index (χ4n) is 1.17. The van der Waals surface area contributed by atoms with Crippen molar-refractivity contribution in [2.45, 2.75) is 13.3 Å². The molecule has 1 aromatic rings. The highest BCUT2D eigenvalue weighted by molar-refractivity contribution is 14.1. The summed E-state index contributed by atoms with van der Waals surface area (Å²) in [6, 6.07) is 0. The maximum Gasteiger partial charge on any atom is 0.225 e. The van der Waals surface area contributed by atoms with E-state index in [1.165, 1.54) is 0 Å². The summed E-state index contributed by atoms with van der Waals surface area (Å²) in [7, 11) is 0. The highest BCUT2D eigenvalue weighted by Crippen LogP contribution is 2.08. The van der Waals surface area contributed by atoms with E-state index in [0.717, 1.165) is 10.1 Å². The van der Waals surface area contributed by atoms with Gasteiger partial charge in [-0.1, -0.05) is 5.16 Å². The van der Waals surface area contributed by atoms with Crippen molar-refractivity contribution in [3.63, 3.8) is 0 Å². The molecule has 0 radical (unpaired) electrons. The van der Waals surface area contributed by atoms with Crippen LogP contribution in [-0.4, -0.2) is 34.1 Å². The zero-order valence-electron chi connectivity index (χ0n) is 8.97. The first-order chi connectivity index (χ1) is 7.67. The minimum absolute atomic E-state index is 0.212. The van der Waals surface area contributed by atoms with Crippen LogP contribution in [0.1, 0.15) is 13.3 Å². The van der Waals surface area contributed by atoms with Crippen LogP contribution in [-0.2, 0) is 0 Å². The quantitative estimate of drug-likeness (QED) is 0.276. The molecule has 0 aliphatic heterocycles. The second-order valence-corrected chi connectivity index (χ2v) is 4.37. The van der Waals surface area contributed by atoms with Gasteiger partial charge < -0.3 is 15.8 Å². The lowest BCUT2D eigenvalue weighted by Crippen LogP contribution is -2.29. The molecular formula is C9H14IN5O. The molecule has 7 heteroatoms. The number of hydrogen-bond donors (Lipinski definition) is 2. The summed E-state index contributed by atoms with van der Waals surface area (Å²) in [6.07, 6.45) is 4.00. The molecule has 0 atom stereocenters. The summed E-state index contributed by atoms with van der Waals surface area (Å²) in [4.78, 5) is 10.4. The van der Waals surface area contributed by atoms with Crippen molar-refractivity contribution < 1.29 is 5.21 Å². The number of halogens is 1. The van der Waals surface area contributed by atoms with E-state index in [1.54, 1.807) is 12.4 Å². The van der Waals surface area contributed by atoms with E-state index in [1.807, 2.05) is 11.8 Å².